The van der Waals surface area contributed by atoms with Gasteiger partial charge in [-0.2, -0.15) is 0 Å². The molecule has 1 N–H and O–H groups in total. The Kier molecular flexibility index (Phi) is 4.77. The van der Waals surface area contributed by atoms with Gasteiger partial charge in [-0.05, 0) is 48.6 Å². The van der Waals surface area contributed by atoms with E-state index >= 15 is 0 Å². The predicted molar refractivity (Wildman–Crippen MR) is 105 cm³/mol. The second-order valence-corrected chi connectivity index (χ2v) is 7.74. The molecular formula is C22H25N3O. The van der Waals surface area contributed by atoms with Crippen molar-refractivity contribution in [3.63, 3.8) is 0 Å². The Bertz CT molecular complexity index is 940. The fourth-order valence-electron chi connectivity index (χ4n) is 2.95. The Morgan fingerprint density at radius 2 is 1.81 bits per heavy atom. The van der Waals surface area contributed by atoms with E-state index in [0.717, 1.165) is 10.9 Å². The number of carbonyl (C=O) groups is 1. The molecule has 4 nitrogen and oxygen atoms in total. The summed E-state index contributed by atoms with van der Waals surface area (Å²) < 4.78 is 0. The minimum atomic E-state index is -0.117. The van der Waals surface area contributed by atoms with Crippen LogP contribution in [0.15, 0.2) is 48.7 Å². The summed E-state index contributed by atoms with van der Waals surface area (Å²) in [6, 6.07) is 14.0. The number of pyridine rings is 2. The third-order valence-corrected chi connectivity index (χ3v) is 4.65. The highest BCUT2D eigenvalue weighted by Crippen LogP contribution is 2.24. The second-order valence-electron chi connectivity index (χ2n) is 7.74. The lowest BCUT2D eigenvalue weighted by atomic mass is 9.86. The molecule has 0 spiro atoms. The molecule has 3 aromatic rings. The molecule has 1 atom stereocenters. The summed E-state index contributed by atoms with van der Waals surface area (Å²) in [5.74, 6) is -0.117. The predicted octanol–water partition coefficient (Wildman–Crippen LogP) is 4.73. The van der Waals surface area contributed by atoms with Crippen molar-refractivity contribution in [2.45, 2.75) is 46.1 Å². The maximum Gasteiger partial charge on any atom is 0.253 e. The summed E-state index contributed by atoms with van der Waals surface area (Å²) in [7, 11) is 0. The van der Waals surface area contributed by atoms with Gasteiger partial charge in [0.15, 0.2) is 5.65 Å². The third-order valence-electron chi connectivity index (χ3n) is 4.65. The monoisotopic (exact) mass is 347 g/mol. The van der Waals surface area contributed by atoms with Gasteiger partial charge >= 0.3 is 0 Å². The summed E-state index contributed by atoms with van der Waals surface area (Å²) in [5, 5.41) is 3.94. The molecule has 134 valence electrons. The van der Waals surface area contributed by atoms with Crippen LogP contribution in [0.2, 0.25) is 0 Å². The molecule has 0 bridgehead atoms. The molecule has 2 aromatic heterocycles. The van der Waals surface area contributed by atoms with E-state index in [1.54, 1.807) is 6.20 Å². The van der Waals surface area contributed by atoms with Crippen LogP contribution in [0.3, 0.4) is 0 Å². The Balaban J connectivity index is 1.80. The first-order valence-corrected chi connectivity index (χ1v) is 8.89. The van der Waals surface area contributed by atoms with E-state index in [0.29, 0.717) is 16.9 Å². The van der Waals surface area contributed by atoms with E-state index in [1.165, 1.54) is 5.56 Å². The first kappa shape index (κ1) is 18.1. The number of hydrogen-bond acceptors (Lipinski definition) is 3. The van der Waals surface area contributed by atoms with Crippen molar-refractivity contribution in [3.8, 4) is 0 Å². The van der Waals surface area contributed by atoms with Gasteiger partial charge in [0.25, 0.3) is 5.91 Å². The van der Waals surface area contributed by atoms with Crippen molar-refractivity contribution in [3.05, 3.63) is 71.0 Å². The highest BCUT2D eigenvalue weighted by molar-refractivity contribution is 5.98. The smallest absolute Gasteiger partial charge is 0.253 e. The van der Waals surface area contributed by atoms with Crippen molar-refractivity contribution >= 4 is 16.9 Å². The van der Waals surface area contributed by atoms with Crippen LogP contribution >= 0.6 is 0 Å². The van der Waals surface area contributed by atoms with Crippen molar-refractivity contribution in [2.75, 3.05) is 0 Å². The van der Waals surface area contributed by atoms with Crippen molar-refractivity contribution < 1.29 is 4.79 Å². The van der Waals surface area contributed by atoms with Gasteiger partial charge in [0.2, 0.25) is 0 Å². The van der Waals surface area contributed by atoms with Gasteiger partial charge < -0.3 is 5.32 Å². The number of rotatable bonds is 3. The average Bonchev–Trinajstić information content (AvgIpc) is 2.60. The first-order chi connectivity index (χ1) is 12.3. The van der Waals surface area contributed by atoms with Gasteiger partial charge in [-0.1, -0.05) is 45.0 Å². The third kappa shape index (κ3) is 3.74. The Hall–Kier alpha value is -2.75. The topological polar surface area (TPSA) is 54.9 Å². The van der Waals surface area contributed by atoms with Gasteiger partial charge in [0.1, 0.15) is 0 Å². The number of hydrogen-bond donors (Lipinski definition) is 1. The normalized spacial score (nSPS) is 12.8. The van der Waals surface area contributed by atoms with Gasteiger partial charge in [-0.15, -0.1) is 0 Å². The van der Waals surface area contributed by atoms with Crippen molar-refractivity contribution in [1.82, 2.24) is 15.3 Å². The summed E-state index contributed by atoms with van der Waals surface area (Å²) in [5.41, 5.74) is 4.41. The van der Waals surface area contributed by atoms with E-state index in [9.17, 15) is 4.79 Å². The van der Waals surface area contributed by atoms with Gasteiger partial charge in [-0.25, -0.2) is 9.97 Å². The molecule has 1 aromatic carbocycles. The summed E-state index contributed by atoms with van der Waals surface area (Å²) in [6.07, 6.45) is 1.71. The number of amides is 1. The Morgan fingerprint density at radius 1 is 1.12 bits per heavy atom. The fourth-order valence-corrected chi connectivity index (χ4v) is 2.95. The molecular weight excluding hydrogens is 322 g/mol. The Labute approximate surface area is 154 Å². The fraction of sp³-hybridized carbons (Fsp3) is 0.318. The van der Waals surface area contributed by atoms with Crippen LogP contribution in [0.25, 0.3) is 11.0 Å². The lowest BCUT2D eigenvalue weighted by Crippen LogP contribution is -2.27. The zero-order valence-electron chi connectivity index (χ0n) is 16.0. The zero-order valence-corrected chi connectivity index (χ0v) is 16.0. The molecule has 0 aliphatic rings. The van der Waals surface area contributed by atoms with E-state index in [1.807, 2.05) is 32.0 Å². The summed E-state index contributed by atoms with van der Waals surface area (Å²) >= 11 is 0. The quantitative estimate of drug-likeness (QED) is 0.745. The standard InChI is InChI=1S/C22H25N3O/c1-14(16-8-10-18(11-9-16)22(3,4)5)25-21(26)19-13-17-7-6-12-23-20(17)24-15(19)2/h6-14H,1-5H3,(H,25,26)/t14-/m0/s1. The molecule has 0 aliphatic heterocycles. The number of benzene rings is 1. The van der Waals surface area contributed by atoms with Crippen LogP contribution < -0.4 is 5.32 Å². The highest BCUT2D eigenvalue weighted by atomic mass is 16.1. The van der Waals surface area contributed by atoms with Crippen LogP contribution in [-0.2, 0) is 5.41 Å². The minimum Gasteiger partial charge on any atom is -0.345 e. The molecule has 0 fully saturated rings. The lowest BCUT2D eigenvalue weighted by molar-refractivity contribution is 0.0939. The van der Waals surface area contributed by atoms with Crippen LogP contribution in [0.5, 0.6) is 0 Å². The molecule has 2 heterocycles. The SMILES string of the molecule is Cc1nc2ncccc2cc1C(=O)N[C@@H](C)c1ccc(C(C)(C)C)cc1. The molecule has 0 radical (unpaired) electrons. The maximum absolute atomic E-state index is 12.7. The molecule has 4 heteroatoms. The van der Waals surface area contributed by atoms with E-state index in [2.05, 4.69) is 60.3 Å². The number of aromatic nitrogens is 2. The number of nitrogens with zero attached hydrogens (tertiary/aromatic N) is 2. The zero-order chi connectivity index (χ0) is 18.9. The van der Waals surface area contributed by atoms with Gasteiger partial charge in [0, 0.05) is 11.6 Å². The molecule has 0 aliphatic carbocycles. The molecule has 3 rings (SSSR count). The number of fused-ring (bicyclic) bond motifs is 1. The van der Waals surface area contributed by atoms with Gasteiger partial charge in [0.05, 0.1) is 17.3 Å². The summed E-state index contributed by atoms with van der Waals surface area (Å²) in [4.78, 5) is 21.4. The van der Waals surface area contributed by atoms with Crippen molar-refractivity contribution in [2.24, 2.45) is 0 Å². The average molecular weight is 347 g/mol. The number of nitrogens with one attached hydrogen (secondary N) is 1. The molecule has 0 saturated carbocycles. The second kappa shape index (κ2) is 6.87. The highest BCUT2D eigenvalue weighted by Gasteiger charge is 2.17. The van der Waals surface area contributed by atoms with E-state index in [4.69, 9.17) is 0 Å². The largest absolute Gasteiger partial charge is 0.345 e. The maximum atomic E-state index is 12.7. The first-order valence-electron chi connectivity index (χ1n) is 8.89. The van der Waals surface area contributed by atoms with Gasteiger partial charge in [-0.3, -0.25) is 4.79 Å². The number of aryl methyl sites for hydroxylation is 1. The van der Waals surface area contributed by atoms with Crippen molar-refractivity contribution in [1.29, 1.82) is 0 Å². The Morgan fingerprint density at radius 3 is 2.46 bits per heavy atom. The van der Waals surface area contributed by atoms with E-state index < -0.39 is 0 Å². The minimum absolute atomic E-state index is 0.0829. The van der Waals surface area contributed by atoms with Crippen LogP contribution in [0.1, 0.15) is 60.9 Å². The van der Waals surface area contributed by atoms with Crippen LogP contribution in [0, 0.1) is 6.92 Å². The molecule has 0 unspecified atom stereocenters. The van der Waals surface area contributed by atoms with Crippen LogP contribution in [-0.4, -0.2) is 15.9 Å². The lowest BCUT2D eigenvalue weighted by Gasteiger charge is -2.21. The summed E-state index contributed by atoms with van der Waals surface area (Å²) in [6.45, 7) is 10.4. The molecule has 26 heavy (non-hydrogen) atoms. The molecule has 0 saturated heterocycles. The molecule has 1 amide bonds. The number of carbonyl (C=O) groups excluding carboxylic acids is 1. The van der Waals surface area contributed by atoms with Crippen LogP contribution in [0.4, 0.5) is 0 Å². The van der Waals surface area contributed by atoms with E-state index in [-0.39, 0.29) is 17.4 Å².